The van der Waals surface area contributed by atoms with Crippen molar-refractivity contribution in [3.63, 3.8) is 0 Å². The molecule has 63 heavy (non-hydrogen) atoms. The maximum absolute atomic E-state index is 6.27. The predicted molar refractivity (Wildman–Crippen MR) is 269 cm³/mol. The molecule has 11 aromatic rings. The van der Waals surface area contributed by atoms with Crippen LogP contribution in [0.4, 0.5) is 0 Å². The number of fused-ring (bicyclic) bond motifs is 6. The maximum atomic E-state index is 6.27. The van der Waals surface area contributed by atoms with Crippen molar-refractivity contribution in [1.29, 1.82) is 0 Å². The Morgan fingerprint density at radius 3 is 1.56 bits per heavy atom. The molecular weight excluding hydrogens is 779 g/mol. The van der Waals surface area contributed by atoms with Gasteiger partial charge < -0.3 is 8.98 Å². The summed E-state index contributed by atoms with van der Waals surface area (Å²) in [5.74, 6) is 0. The molecule has 2 aromatic heterocycles. The number of hydrogen-bond acceptors (Lipinski definition) is 1. The number of nitrogens with zero attached hydrogens (tertiary/aromatic N) is 1. The van der Waals surface area contributed by atoms with Crippen molar-refractivity contribution in [2.24, 2.45) is 0 Å². The van der Waals surface area contributed by atoms with Crippen molar-refractivity contribution in [1.82, 2.24) is 4.57 Å². The molecule has 9 aromatic carbocycles. The Morgan fingerprint density at radius 1 is 0.381 bits per heavy atom. The molecule has 0 amide bonds. The van der Waals surface area contributed by atoms with Crippen LogP contribution in [0.1, 0.15) is 6.42 Å². The van der Waals surface area contributed by atoms with Gasteiger partial charge in [0.25, 0.3) is 0 Å². The van der Waals surface area contributed by atoms with Crippen LogP contribution in [0.25, 0.3) is 82.8 Å². The van der Waals surface area contributed by atoms with Crippen molar-refractivity contribution in [2.45, 2.75) is 12.0 Å². The van der Waals surface area contributed by atoms with Gasteiger partial charge in [0, 0.05) is 27.2 Å². The van der Waals surface area contributed by atoms with Crippen molar-refractivity contribution >= 4 is 67.4 Å². The second kappa shape index (κ2) is 15.3. The first kappa shape index (κ1) is 37.1. The third-order valence-electron chi connectivity index (χ3n) is 13.3. The summed E-state index contributed by atoms with van der Waals surface area (Å²) in [6.45, 7) is 0. The molecule has 2 nitrogen and oxygen atoms in total. The number of allylic oxidation sites excluding steroid dienone is 4. The van der Waals surface area contributed by atoms with Gasteiger partial charge in [0.15, 0.2) is 8.07 Å². The van der Waals surface area contributed by atoms with Gasteiger partial charge in [-0.25, -0.2) is 0 Å². The van der Waals surface area contributed by atoms with E-state index < -0.39 is 8.07 Å². The van der Waals surface area contributed by atoms with Gasteiger partial charge in [0.05, 0.1) is 11.0 Å². The molecule has 0 saturated carbocycles. The summed E-state index contributed by atoms with van der Waals surface area (Å²) in [5, 5.41) is 9.02. The summed E-state index contributed by atoms with van der Waals surface area (Å²) in [5.41, 5.74) is 12.8. The van der Waals surface area contributed by atoms with Crippen molar-refractivity contribution in [3.8, 4) is 39.1 Å². The minimum atomic E-state index is -2.69. The highest BCUT2D eigenvalue weighted by Crippen LogP contribution is 2.40. The highest BCUT2D eigenvalue weighted by Gasteiger charge is 2.45. The normalized spacial score (nSPS) is 14.0. The van der Waals surface area contributed by atoms with E-state index in [1.165, 1.54) is 70.7 Å². The highest BCUT2D eigenvalue weighted by atomic mass is 28.3. The van der Waals surface area contributed by atoms with Gasteiger partial charge >= 0.3 is 0 Å². The Kier molecular flexibility index (Phi) is 9.02. The van der Waals surface area contributed by atoms with Gasteiger partial charge in [-0.3, -0.25) is 0 Å². The molecule has 3 heteroatoms. The van der Waals surface area contributed by atoms with Gasteiger partial charge in [-0.2, -0.15) is 0 Å². The third kappa shape index (κ3) is 6.23. The van der Waals surface area contributed by atoms with E-state index in [-0.39, 0.29) is 0 Å². The average molecular weight is 822 g/mol. The molecule has 0 N–H and O–H groups in total. The smallest absolute Gasteiger partial charge is 0.155 e. The fraction of sp³-hybridized carbons (Fsp3) is 0.0333. The van der Waals surface area contributed by atoms with E-state index in [0.29, 0.717) is 5.54 Å². The third-order valence-corrected chi connectivity index (χ3v) is 18.6. The molecule has 1 aliphatic rings. The Balaban J connectivity index is 1.15. The van der Waals surface area contributed by atoms with E-state index in [1.807, 2.05) is 6.07 Å². The highest BCUT2D eigenvalue weighted by molar-refractivity contribution is 7.12. The van der Waals surface area contributed by atoms with Crippen LogP contribution in [0.5, 0.6) is 0 Å². The van der Waals surface area contributed by atoms with E-state index in [4.69, 9.17) is 4.42 Å². The monoisotopic (exact) mass is 821 g/mol. The molecule has 1 aliphatic carbocycles. The number of aromatic nitrogens is 1. The Morgan fingerprint density at radius 2 is 0.921 bits per heavy atom. The predicted octanol–water partition coefficient (Wildman–Crippen LogP) is 14.0. The van der Waals surface area contributed by atoms with Crippen LogP contribution in [-0.2, 0) is 0 Å². The fourth-order valence-corrected chi connectivity index (χ4v) is 15.7. The molecule has 0 spiro atoms. The lowest BCUT2D eigenvalue weighted by Crippen LogP contribution is -2.69. The molecule has 0 aliphatic heterocycles. The molecule has 298 valence electrons. The number of para-hydroxylation sites is 1. The summed E-state index contributed by atoms with van der Waals surface area (Å²) < 4.78 is 8.77. The van der Waals surface area contributed by atoms with Crippen molar-refractivity contribution in [2.75, 3.05) is 0 Å². The number of rotatable bonds is 8. The minimum absolute atomic E-state index is 0.334. The standard InChI is InChI=1S/C60H43NOSi/c1-6-18-42(19-7-1)46-36-47(43-20-8-2-9-21-43)38-48(37-46)61-57-33-30-44(45-31-35-60-56(40-45)53-28-16-17-29-59(53)62-60)39-54(57)55-41-52(32-34-58(55)61)63(49-22-10-3-11-23-49,50-24-12-4-13-25-50)51-26-14-5-15-27-51/h1-26,28-41,51H,27H2. The van der Waals surface area contributed by atoms with Gasteiger partial charge in [0.2, 0.25) is 0 Å². The first-order valence-corrected chi connectivity index (χ1v) is 24.0. The Bertz CT molecular complexity index is 3430. The van der Waals surface area contributed by atoms with E-state index in [9.17, 15) is 0 Å². The van der Waals surface area contributed by atoms with E-state index in [1.54, 1.807) is 0 Å². The summed E-state index contributed by atoms with van der Waals surface area (Å²) in [6, 6.07) is 80.8. The summed E-state index contributed by atoms with van der Waals surface area (Å²) in [6.07, 6.45) is 10.3. The molecule has 0 fully saturated rings. The van der Waals surface area contributed by atoms with Gasteiger partial charge in [-0.1, -0.05) is 188 Å². The van der Waals surface area contributed by atoms with Crippen LogP contribution in [0.15, 0.2) is 247 Å². The molecular formula is C60H43NOSi. The van der Waals surface area contributed by atoms with E-state index in [0.717, 1.165) is 34.0 Å². The van der Waals surface area contributed by atoms with Crippen LogP contribution in [0, 0.1) is 0 Å². The van der Waals surface area contributed by atoms with Gasteiger partial charge in [-0.15, -0.1) is 0 Å². The van der Waals surface area contributed by atoms with E-state index >= 15 is 0 Å². The lowest BCUT2D eigenvalue weighted by molar-refractivity contribution is 0.669. The van der Waals surface area contributed by atoms with Crippen molar-refractivity contribution < 1.29 is 4.42 Å². The molecule has 1 atom stereocenters. The molecule has 0 bridgehead atoms. The zero-order chi connectivity index (χ0) is 41.7. The molecule has 2 heterocycles. The Hall–Kier alpha value is -7.72. The zero-order valence-electron chi connectivity index (χ0n) is 34.7. The largest absolute Gasteiger partial charge is 0.456 e. The van der Waals surface area contributed by atoms with Crippen LogP contribution >= 0.6 is 0 Å². The first-order chi connectivity index (χ1) is 31.2. The van der Waals surface area contributed by atoms with Crippen LogP contribution in [-0.4, -0.2) is 12.6 Å². The second-order valence-electron chi connectivity index (χ2n) is 16.8. The SMILES string of the molecule is C1=CCC([Si](c2ccccc2)(c2ccccc2)c2ccc3c(c2)c2cc(-c4ccc5oc6ccccc6c5c4)ccc2n3-c2cc(-c3ccccc3)cc(-c3ccccc3)c2)C=C1. The molecule has 12 rings (SSSR count). The van der Waals surface area contributed by atoms with Gasteiger partial charge in [0.1, 0.15) is 11.2 Å². The lowest BCUT2D eigenvalue weighted by Gasteiger charge is -2.40. The van der Waals surface area contributed by atoms with E-state index in [2.05, 4.69) is 241 Å². The van der Waals surface area contributed by atoms with Crippen molar-refractivity contribution in [3.05, 3.63) is 243 Å². The maximum Gasteiger partial charge on any atom is 0.155 e. The number of hydrogen-bond donors (Lipinski definition) is 0. The minimum Gasteiger partial charge on any atom is -0.456 e. The number of benzene rings is 9. The van der Waals surface area contributed by atoms with Crippen LogP contribution < -0.4 is 15.6 Å². The number of furan rings is 1. The molecule has 0 radical (unpaired) electrons. The summed E-state index contributed by atoms with van der Waals surface area (Å²) in [4.78, 5) is 0. The average Bonchev–Trinajstić information content (AvgIpc) is 3.90. The van der Waals surface area contributed by atoms with Crippen LogP contribution in [0.2, 0.25) is 5.54 Å². The van der Waals surface area contributed by atoms with Gasteiger partial charge in [-0.05, 0) is 116 Å². The Labute approximate surface area is 368 Å². The fourth-order valence-electron chi connectivity index (χ4n) is 10.4. The topological polar surface area (TPSA) is 18.1 Å². The molecule has 0 saturated heterocycles. The molecule has 1 unspecified atom stereocenters. The zero-order valence-corrected chi connectivity index (χ0v) is 35.7. The summed E-state index contributed by atoms with van der Waals surface area (Å²) in [7, 11) is -2.69. The quantitative estimate of drug-likeness (QED) is 0.110. The van der Waals surface area contributed by atoms with Crippen LogP contribution in [0.3, 0.4) is 0 Å². The summed E-state index contributed by atoms with van der Waals surface area (Å²) >= 11 is 0. The first-order valence-electron chi connectivity index (χ1n) is 21.9. The second-order valence-corrected chi connectivity index (χ2v) is 20.9. The lowest BCUT2D eigenvalue weighted by atomic mass is 9.98.